The first-order chi connectivity index (χ1) is 10.1. The van der Waals surface area contributed by atoms with E-state index >= 15 is 0 Å². The third kappa shape index (κ3) is 5.10. The Bertz CT molecular complexity index is 395. The molecule has 2 fully saturated rings. The van der Waals surface area contributed by atoms with E-state index < -0.39 is 10.2 Å². The second-order valence-corrected chi connectivity index (χ2v) is 9.10. The van der Waals surface area contributed by atoms with Crippen LogP contribution in [-0.2, 0) is 10.2 Å². The molecule has 0 bridgehead atoms. The van der Waals surface area contributed by atoms with Crippen LogP contribution in [0.25, 0.3) is 0 Å². The minimum absolute atomic E-state index is 0.460. The standard InChI is InChI=1S/C14H29N3O2S2/c1-2-6-15-12-14-5-3-7-17(13-14)21(18,19)16-8-4-10-20-11-9-16/h14-15H,2-13H2,1H3. The smallest absolute Gasteiger partial charge is 0.282 e. The molecule has 2 rings (SSSR count). The van der Waals surface area contributed by atoms with Gasteiger partial charge < -0.3 is 5.32 Å². The van der Waals surface area contributed by atoms with Crippen molar-refractivity contribution in [3.05, 3.63) is 0 Å². The number of hydrogen-bond acceptors (Lipinski definition) is 4. The van der Waals surface area contributed by atoms with Crippen molar-refractivity contribution in [1.29, 1.82) is 0 Å². The minimum atomic E-state index is -3.25. The second-order valence-electron chi connectivity index (χ2n) is 5.94. The molecule has 0 aliphatic carbocycles. The number of piperidine rings is 1. The maximum absolute atomic E-state index is 12.8. The molecular weight excluding hydrogens is 306 g/mol. The molecule has 1 atom stereocenters. The van der Waals surface area contributed by atoms with Crippen LogP contribution in [0.4, 0.5) is 0 Å². The predicted molar refractivity (Wildman–Crippen MR) is 89.9 cm³/mol. The van der Waals surface area contributed by atoms with E-state index in [2.05, 4.69) is 12.2 Å². The number of thioether (sulfide) groups is 1. The summed E-state index contributed by atoms with van der Waals surface area (Å²) in [6.07, 6.45) is 4.22. The van der Waals surface area contributed by atoms with Gasteiger partial charge >= 0.3 is 0 Å². The zero-order chi connectivity index (χ0) is 15.1. The Balaban J connectivity index is 1.91. The minimum Gasteiger partial charge on any atom is -0.316 e. The summed E-state index contributed by atoms with van der Waals surface area (Å²) >= 11 is 1.86. The lowest BCUT2D eigenvalue weighted by Gasteiger charge is -2.35. The first-order valence-electron chi connectivity index (χ1n) is 8.18. The van der Waals surface area contributed by atoms with Crippen molar-refractivity contribution in [2.45, 2.75) is 32.6 Å². The molecule has 21 heavy (non-hydrogen) atoms. The van der Waals surface area contributed by atoms with Crippen LogP contribution >= 0.6 is 11.8 Å². The molecule has 124 valence electrons. The molecule has 0 aromatic carbocycles. The molecule has 2 heterocycles. The summed E-state index contributed by atoms with van der Waals surface area (Å²) < 4.78 is 29.0. The molecule has 2 aliphatic rings. The van der Waals surface area contributed by atoms with Crippen LogP contribution in [0.15, 0.2) is 0 Å². The van der Waals surface area contributed by atoms with Crippen molar-refractivity contribution in [1.82, 2.24) is 13.9 Å². The summed E-state index contributed by atoms with van der Waals surface area (Å²) in [6, 6.07) is 0. The Morgan fingerprint density at radius 3 is 2.76 bits per heavy atom. The normalized spacial score (nSPS) is 26.6. The highest BCUT2D eigenvalue weighted by Crippen LogP contribution is 2.22. The Labute approximate surface area is 134 Å². The van der Waals surface area contributed by atoms with Gasteiger partial charge in [0.15, 0.2) is 0 Å². The van der Waals surface area contributed by atoms with E-state index in [4.69, 9.17) is 0 Å². The van der Waals surface area contributed by atoms with Gasteiger partial charge in [0.1, 0.15) is 0 Å². The molecule has 0 aromatic rings. The van der Waals surface area contributed by atoms with Crippen molar-refractivity contribution in [2.75, 3.05) is 50.8 Å². The van der Waals surface area contributed by atoms with Gasteiger partial charge in [-0.15, -0.1) is 0 Å². The lowest BCUT2D eigenvalue weighted by molar-refractivity contribution is 0.243. The zero-order valence-electron chi connectivity index (χ0n) is 13.1. The van der Waals surface area contributed by atoms with Gasteiger partial charge in [0.2, 0.25) is 0 Å². The van der Waals surface area contributed by atoms with E-state index in [0.29, 0.717) is 32.1 Å². The van der Waals surface area contributed by atoms with Crippen molar-refractivity contribution in [3.63, 3.8) is 0 Å². The van der Waals surface area contributed by atoms with E-state index in [0.717, 1.165) is 50.3 Å². The van der Waals surface area contributed by atoms with Gasteiger partial charge in [-0.3, -0.25) is 0 Å². The van der Waals surface area contributed by atoms with Gasteiger partial charge in [-0.05, 0) is 50.4 Å². The van der Waals surface area contributed by atoms with Crippen molar-refractivity contribution in [2.24, 2.45) is 5.92 Å². The van der Waals surface area contributed by atoms with E-state index in [-0.39, 0.29) is 0 Å². The Morgan fingerprint density at radius 2 is 1.95 bits per heavy atom. The van der Waals surface area contributed by atoms with Crippen LogP contribution in [0.5, 0.6) is 0 Å². The highest BCUT2D eigenvalue weighted by molar-refractivity contribution is 7.99. The van der Waals surface area contributed by atoms with Crippen LogP contribution in [0, 0.1) is 5.92 Å². The molecule has 5 nitrogen and oxygen atoms in total. The maximum atomic E-state index is 12.8. The fourth-order valence-corrected chi connectivity index (χ4v) is 5.77. The molecule has 2 aliphatic heterocycles. The summed E-state index contributed by atoms with van der Waals surface area (Å²) in [5, 5.41) is 3.43. The molecule has 7 heteroatoms. The molecule has 1 unspecified atom stereocenters. The third-order valence-electron chi connectivity index (χ3n) is 4.18. The molecule has 2 saturated heterocycles. The summed E-state index contributed by atoms with van der Waals surface area (Å²) in [5.74, 6) is 2.46. The first kappa shape index (κ1) is 17.5. The topological polar surface area (TPSA) is 52.7 Å². The van der Waals surface area contributed by atoms with Crippen LogP contribution < -0.4 is 5.32 Å². The lowest BCUT2D eigenvalue weighted by atomic mass is 10.00. The zero-order valence-corrected chi connectivity index (χ0v) is 14.7. The van der Waals surface area contributed by atoms with Gasteiger partial charge in [-0.2, -0.15) is 28.8 Å². The van der Waals surface area contributed by atoms with Crippen molar-refractivity contribution in [3.8, 4) is 0 Å². The van der Waals surface area contributed by atoms with Crippen LogP contribution in [0.2, 0.25) is 0 Å². The number of nitrogens with zero attached hydrogens (tertiary/aromatic N) is 2. The lowest BCUT2D eigenvalue weighted by Crippen LogP contribution is -2.49. The highest BCUT2D eigenvalue weighted by Gasteiger charge is 2.33. The van der Waals surface area contributed by atoms with Gasteiger partial charge in [0.25, 0.3) is 10.2 Å². The van der Waals surface area contributed by atoms with Crippen LogP contribution in [0.3, 0.4) is 0 Å². The van der Waals surface area contributed by atoms with Gasteiger partial charge in [-0.25, -0.2) is 0 Å². The van der Waals surface area contributed by atoms with Crippen LogP contribution in [-0.4, -0.2) is 67.8 Å². The molecule has 0 amide bonds. The predicted octanol–water partition coefficient (Wildman–Crippen LogP) is 1.38. The monoisotopic (exact) mass is 335 g/mol. The molecular formula is C14H29N3O2S2. The maximum Gasteiger partial charge on any atom is 0.282 e. The first-order valence-corrected chi connectivity index (χ1v) is 10.7. The van der Waals surface area contributed by atoms with E-state index in [9.17, 15) is 8.42 Å². The van der Waals surface area contributed by atoms with Gasteiger partial charge in [-0.1, -0.05) is 6.92 Å². The quantitative estimate of drug-likeness (QED) is 0.745. The second kappa shape index (κ2) is 8.72. The fraction of sp³-hybridized carbons (Fsp3) is 1.00. The molecule has 0 spiro atoms. The number of nitrogens with one attached hydrogen (secondary N) is 1. The molecule has 0 saturated carbocycles. The third-order valence-corrected chi connectivity index (χ3v) is 7.23. The van der Waals surface area contributed by atoms with Crippen LogP contribution in [0.1, 0.15) is 32.6 Å². The van der Waals surface area contributed by atoms with Crippen molar-refractivity contribution >= 4 is 22.0 Å². The SMILES string of the molecule is CCCNCC1CCCN(S(=O)(=O)N2CCCSCC2)C1. The highest BCUT2D eigenvalue weighted by atomic mass is 32.2. The van der Waals surface area contributed by atoms with Crippen molar-refractivity contribution < 1.29 is 8.42 Å². The molecule has 1 N–H and O–H groups in total. The molecule has 0 radical (unpaired) electrons. The Kier molecular flexibility index (Phi) is 7.28. The summed E-state index contributed by atoms with van der Waals surface area (Å²) in [5.41, 5.74) is 0. The van der Waals surface area contributed by atoms with Gasteiger partial charge in [0, 0.05) is 31.9 Å². The van der Waals surface area contributed by atoms with E-state index in [1.54, 1.807) is 8.61 Å². The van der Waals surface area contributed by atoms with Gasteiger partial charge in [0.05, 0.1) is 0 Å². The summed E-state index contributed by atoms with van der Waals surface area (Å²) in [7, 11) is -3.25. The molecule has 0 aromatic heterocycles. The Morgan fingerprint density at radius 1 is 1.14 bits per heavy atom. The average Bonchev–Trinajstić information content (AvgIpc) is 2.77. The summed E-state index contributed by atoms with van der Waals surface area (Å²) in [6.45, 7) is 6.84. The Hall–Kier alpha value is 0.180. The summed E-state index contributed by atoms with van der Waals surface area (Å²) in [4.78, 5) is 0. The van der Waals surface area contributed by atoms with E-state index in [1.807, 2.05) is 11.8 Å². The number of rotatable bonds is 6. The fourth-order valence-electron chi connectivity index (χ4n) is 3.00. The van der Waals surface area contributed by atoms with E-state index in [1.165, 1.54) is 0 Å². The number of hydrogen-bond donors (Lipinski definition) is 1. The largest absolute Gasteiger partial charge is 0.316 e. The average molecular weight is 336 g/mol.